The van der Waals surface area contributed by atoms with E-state index >= 15 is 0 Å². The molecule has 19 heavy (non-hydrogen) atoms. The van der Waals surface area contributed by atoms with Crippen LogP contribution in [0.3, 0.4) is 0 Å². The van der Waals surface area contributed by atoms with Crippen LogP contribution in [0.25, 0.3) is 0 Å². The van der Waals surface area contributed by atoms with Crippen molar-refractivity contribution >= 4 is 17.5 Å². The molecule has 1 aromatic rings. The first-order valence-electron chi connectivity index (χ1n) is 5.48. The number of anilines is 1. The molecule has 0 atom stereocenters. The molecule has 0 bridgehead atoms. The highest BCUT2D eigenvalue weighted by molar-refractivity contribution is 5.99. The summed E-state index contributed by atoms with van der Waals surface area (Å²) in [6.45, 7) is 3.15. The summed E-state index contributed by atoms with van der Waals surface area (Å²) in [7, 11) is 0. The van der Waals surface area contributed by atoms with Gasteiger partial charge in [0.2, 0.25) is 5.91 Å². The van der Waals surface area contributed by atoms with Gasteiger partial charge in [-0.1, -0.05) is 0 Å². The van der Waals surface area contributed by atoms with E-state index in [2.05, 4.69) is 5.32 Å². The van der Waals surface area contributed by atoms with E-state index in [-0.39, 0.29) is 17.7 Å². The molecule has 2 amide bonds. The van der Waals surface area contributed by atoms with Crippen molar-refractivity contribution in [3.63, 3.8) is 0 Å². The number of hydrogen-bond acceptors (Lipinski definition) is 3. The van der Waals surface area contributed by atoms with Crippen molar-refractivity contribution in [1.82, 2.24) is 5.32 Å². The molecule has 0 heterocycles. The van der Waals surface area contributed by atoms with Gasteiger partial charge in [-0.3, -0.25) is 9.59 Å². The van der Waals surface area contributed by atoms with E-state index in [1.165, 1.54) is 0 Å². The van der Waals surface area contributed by atoms with Crippen LogP contribution in [0.2, 0.25) is 0 Å². The quantitative estimate of drug-likeness (QED) is 0.710. The molecule has 0 saturated heterocycles. The minimum atomic E-state index is -1.17. The van der Waals surface area contributed by atoms with Crippen LogP contribution in [0.4, 0.5) is 14.5 Å². The Balaban J connectivity index is 2.96. The van der Waals surface area contributed by atoms with Gasteiger partial charge >= 0.3 is 0 Å². The van der Waals surface area contributed by atoms with Gasteiger partial charge in [-0.05, 0) is 19.9 Å². The number of amides is 2. The van der Waals surface area contributed by atoms with E-state index in [1.807, 2.05) is 0 Å². The fraction of sp³-hybridized carbons (Fsp3) is 0.333. The number of nitrogens with two attached hydrogens (primary N) is 2. The molecular weight excluding hydrogens is 256 g/mol. The predicted octanol–water partition coefficient (Wildman–Crippen LogP) is 0.931. The topological polar surface area (TPSA) is 98.2 Å². The minimum Gasteiger partial charge on any atom is -0.398 e. The smallest absolute Gasteiger partial charge is 0.253 e. The monoisotopic (exact) mass is 271 g/mol. The molecule has 0 unspecified atom stereocenters. The van der Waals surface area contributed by atoms with Crippen LogP contribution in [0.15, 0.2) is 12.1 Å². The number of hydrogen-bond donors (Lipinski definition) is 3. The first-order valence-corrected chi connectivity index (χ1v) is 5.48. The number of halogens is 2. The Kier molecular flexibility index (Phi) is 4.08. The Bertz CT molecular complexity index is 530. The normalized spacial score (nSPS) is 11.2. The summed E-state index contributed by atoms with van der Waals surface area (Å²) in [4.78, 5) is 22.7. The first-order chi connectivity index (χ1) is 8.62. The molecule has 104 valence electrons. The average Bonchev–Trinajstić information content (AvgIpc) is 2.20. The maximum atomic E-state index is 13.1. The van der Waals surface area contributed by atoms with Gasteiger partial charge in [-0.2, -0.15) is 0 Å². The lowest BCUT2D eigenvalue weighted by atomic mass is 9.99. The van der Waals surface area contributed by atoms with Crippen LogP contribution in [0.1, 0.15) is 30.6 Å². The Morgan fingerprint density at radius 3 is 2.32 bits per heavy atom. The van der Waals surface area contributed by atoms with Crippen LogP contribution < -0.4 is 16.8 Å². The number of carbonyl (C=O) groups is 2. The number of rotatable bonds is 4. The van der Waals surface area contributed by atoms with Crippen LogP contribution in [-0.2, 0) is 4.79 Å². The zero-order valence-electron chi connectivity index (χ0n) is 10.6. The third-order valence-corrected chi connectivity index (χ3v) is 2.41. The third-order valence-electron chi connectivity index (χ3n) is 2.41. The Morgan fingerprint density at radius 1 is 1.26 bits per heavy atom. The lowest BCUT2D eigenvalue weighted by molar-refractivity contribution is -0.119. The number of benzene rings is 1. The number of nitrogens with one attached hydrogen (secondary N) is 1. The molecule has 7 heteroatoms. The standard InChI is InChI=1S/C12H15F2N3O2/c1-12(2,5-10(16)18)17-11(19)6-3-7(13)8(14)4-9(6)15/h3-4H,5,15H2,1-2H3,(H2,16,18)(H,17,19). The summed E-state index contributed by atoms with van der Waals surface area (Å²) >= 11 is 0. The molecule has 0 aliphatic rings. The molecule has 0 aliphatic carbocycles. The maximum absolute atomic E-state index is 13.1. The van der Waals surface area contributed by atoms with Gasteiger partial charge in [0.25, 0.3) is 5.91 Å². The van der Waals surface area contributed by atoms with E-state index in [1.54, 1.807) is 13.8 Å². The van der Waals surface area contributed by atoms with Crippen molar-refractivity contribution < 1.29 is 18.4 Å². The van der Waals surface area contributed by atoms with Gasteiger partial charge in [0.05, 0.1) is 5.56 Å². The van der Waals surface area contributed by atoms with Gasteiger partial charge in [0.15, 0.2) is 11.6 Å². The van der Waals surface area contributed by atoms with Crippen molar-refractivity contribution in [2.75, 3.05) is 5.73 Å². The zero-order valence-corrected chi connectivity index (χ0v) is 10.6. The van der Waals surface area contributed by atoms with Gasteiger partial charge in [-0.15, -0.1) is 0 Å². The molecular formula is C12H15F2N3O2. The van der Waals surface area contributed by atoms with Crippen molar-refractivity contribution in [1.29, 1.82) is 0 Å². The fourth-order valence-corrected chi connectivity index (χ4v) is 1.61. The van der Waals surface area contributed by atoms with Crippen LogP contribution in [-0.4, -0.2) is 17.4 Å². The second-order valence-corrected chi connectivity index (χ2v) is 4.83. The van der Waals surface area contributed by atoms with Crippen molar-refractivity contribution in [3.8, 4) is 0 Å². The highest BCUT2D eigenvalue weighted by atomic mass is 19.2. The molecule has 1 aromatic carbocycles. The number of carbonyl (C=O) groups excluding carboxylic acids is 2. The van der Waals surface area contributed by atoms with E-state index in [0.717, 1.165) is 6.07 Å². The summed E-state index contributed by atoms with van der Waals surface area (Å²) in [5.74, 6) is -3.61. The third kappa shape index (κ3) is 3.90. The lowest BCUT2D eigenvalue weighted by Crippen LogP contribution is -2.46. The molecule has 5 nitrogen and oxygen atoms in total. The van der Waals surface area contributed by atoms with E-state index < -0.39 is 29.0 Å². The molecule has 0 radical (unpaired) electrons. The molecule has 0 saturated carbocycles. The van der Waals surface area contributed by atoms with Crippen LogP contribution >= 0.6 is 0 Å². The lowest BCUT2D eigenvalue weighted by Gasteiger charge is -2.25. The van der Waals surface area contributed by atoms with Gasteiger partial charge in [-0.25, -0.2) is 8.78 Å². The molecule has 0 fully saturated rings. The molecule has 0 aromatic heterocycles. The van der Waals surface area contributed by atoms with E-state index in [0.29, 0.717) is 6.07 Å². The molecule has 0 aliphatic heterocycles. The largest absolute Gasteiger partial charge is 0.398 e. The molecule has 0 spiro atoms. The van der Waals surface area contributed by atoms with E-state index in [9.17, 15) is 18.4 Å². The van der Waals surface area contributed by atoms with Crippen molar-refractivity contribution in [2.45, 2.75) is 25.8 Å². The van der Waals surface area contributed by atoms with Crippen LogP contribution in [0.5, 0.6) is 0 Å². The van der Waals surface area contributed by atoms with Crippen LogP contribution in [0, 0.1) is 11.6 Å². The summed E-state index contributed by atoms with van der Waals surface area (Å²) < 4.78 is 26.0. The summed E-state index contributed by atoms with van der Waals surface area (Å²) in [6, 6.07) is 1.44. The highest BCUT2D eigenvalue weighted by Gasteiger charge is 2.25. The Hall–Kier alpha value is -2.18. The summed E-state index contributed by atoms with van der Waals surface area (Å²) in [6.07, 6.45) is -0.0949. The average molecular weight is 271 g/mol. The minimum absolute atomic E-state index is 0.0949. The highest BCUT2D eigenvalue weighted by Crippen LogP contribution is 2.18. The number of primary amides is 1. The van der Waals surface area contributed by atoms with Gasteiger partial charge in [0.1, 0.15) is 0 Å². The second kappa shape index (κ2) is 5.21. The molecule has 1 rings (SSSR count). The summed E-state index contributed by atoms with van der Waals surface area (Å²) in [5.41, 5.74) is 9.19. The predicted molar refractivity (Wildman–Crippen MR) is 66.1 cm³/mol. The Labute approximate surface area is 109 Å². The van der Waals surface area contributed by atoms with Crippen molar-refractivity contribution in [2.24, 2.45) is 5.73 Å². The van der Waals surface area contributed by atoms with Crippen molar-refractivity contribution in [3.05, 3.63) is 29.3 Å². The fourth-order valence-electron chi connectivity index (χ4n) is 1.61. The van der Waals surface area contributed by atoms with E-state index in [4.69, 9.17) is 11.5 Å². The Morgan fingerprint density at radius 2 is 1.79 bits per heavy atom. The summed E-state index contributed by atoms with van der Waals surface area (Å²) in [5, 5.41) is 2.48. The van der Waals surface area contributed by atoms with Gasteiger partial charge < -0.3 is 16.8 Å². The maximum Gasteiger partial charge on any atom is 0.253 e. The first kappa shape index (κ1) is 14.9. The number of nitrogen functional groups attached to an aromatic ring is 1. The zero-order chi connectivity index (χ0) is 14.8. The van der Waals surface area contributed by atoms with Gasteiger partial charge in [0, 0.05) is 23.7 Å². The second-order valence-electron chi connectivity index (χ2n) is 4.83. The SMILES string of the molecule is CC(C)(CC(N)=O)NC(=O)c1cc(F)c(F)cc1N. The molecule has 5 N–H and O–H groups in total.